The summed E-state index contributed by atoms with van der Waals surface area (Å²) in [6.45, 7) is 1.96. The summed E-state index contributed by atoms with van der Waals surface area (Å²) in [7, 11) is 0. The van der Waals surface area contributed by atoms with Gasteiger partial charge in [-0.05, 0) is 48.4 Å². The number of H-pyrrole nitrogens is 1. The first-order valence-electron chi connectivity index (χ1n) is 12.4. The number of carboxylic acid groups (broad SMARTS) is 1. The van der Waals surface area contributed by atoms with Crippen LogP contribution in [0.1, 0.15) is 46.8 Å². The van der Waals surface area contributed by atoms with Gasteiger partial charge < -0.3 is 9.63 Å². The molecule has 0 amide bonds. The summed E-state index contributed by atoms with van der Waals surface area (Å²) in [5.41, 5.74) is 7.05. The molecule has 0 radical (unpaired) electrons. The van der Waals surface area contributed by atoms with Crippen LogP contribution in [0.3, 0.4) is 0 Å². The second-order valence-corrected chi connectivity index (χ2v) is 9.69. The standard InChI is InChI=1S/C30H26N4O3/c1-19-27(25(26-18-31-34-32-26)17-20-5-3-2-4-6-20)28(37-33-19)23-9-7-21(8-10-23)22-11-13-24(14-12-22)30(15-16-30)29(35)36/h2-14,18,25H,15-17H2,1H3,(H,35,36)(H,31,32,34). The number of nitrogens with one attached hydrogen (secondary N) is 1. The van der Waals surface area contributed by atoms with Crippen LogP contribution in [-0.4, -0.2) is 31.6 Å². The van der Waals surface area contributed by atoms with E-state index < -0.39 is 11.4 Å². The first-order chi connectivity index (χ1) is 18.0. The molecule has 7 nitrogen and oxygen atoms in total. The molecule has 3 aromatic carbocycles. The Morgan fingerprint density at radius 2 is 1.62 bits per heavy atom. The van der Waals surface area contributed by atoms with Crippen LogP contribution < -0.4 is 0 Å². The largest absolute Gasteiger partial charge is 0.481 e. The fourth-order valence-corrected chi connectivity index (χ4v) is 5.13. The van der Waals surface area contributed by atoms with Crippen molar-refractivity contribution in [3.05, 3.63) is 113 Å². The first-order valence-corrected chi connectivity index (χ1v) is 12.4. The number of nitrogens with zero attached hydrogens (tertiary/aromatic N) is 3. The van der Waals surface area contributed by atoms with Crippen LogP contribution in [0.15, 0.2) is 89.6 Å². The molecule has 1 atom stereocenters. The van der Waals surface area contributed by atoms with Gasteiger partial charge in [0.1, 0.15) is 0 Å². The minimum atomic E-state index is -0.737. The zero-order valence-corrected chi connectivity index (χ0v) is 20.4. The van der Waals surface area contributed by atoms with Crippen molar-refractivity contribution in [2.75, 3.05) is 0 Å². The molecule has 0 spiro atoms. The quantitative estimate of drug-likeness (QED) is 0.279. The molecule has 6 rings (SSSR count). The summed E-state index contributed by atoms with van der Waals surface area (Å²) in [6, 6.07) is 26.4. The van der Waals surface area contributed by atoms with Crippen LogP contribution in [-0.2, 0) is 16.6 Å². The van der Waals surface area contributed by atoms with E-state index in [1.165, 1.54) is 5.56 Å². The van der Waals surface area contributed by atoms with Crippen molar-refractivity contribution in [3.8, 4) is 22.5 Å². The highest BCUT2D eigenvalue weighted by molar-refractivity contribution is 5.85. The molecule has 2 N–H and O–H groups in total. The topological polar surface area (TPSA) is 105 Å². The Bertz CT molecular complexity index is 1520. The third-order valence-electron chi connectivity index (χ3n) is 7.41. The van der Waals surface area contributed by atoms with Gasteiger partial charge in [-0.1, -0.05) is 89.2 Å². The van der Waals surface area contributed by atoms with Gasteiger partial charge in [0.2, 0.25) is 0 Å². The molecule has 0 saturated heterocycles. The number of carbonyl (C=O) groups is 1. The maximum atomic E-state index is 11.6. The molecule has 1 aliphatic rings. The van der Waals surface area contributed by atoms with Crippen LogP contribution in [0.2, 0.25) is 0 Å². The van der Waals surface area contributed by atoms with Gasteiger partial charge >= 0.3 is 5.97 Å². The lowest BCUT2D eigenvalue weighted by Crippen LogP contribution is -2.19. The molecule has 1 aliphatic carbocycles. The smallest absolute Gasteiger partial charge is 0.314 e. The number of carboxylic acids is 1. The van der Waals surface area contributed by atoms with Gasteiger partial charge in [-0.15, -0.1) is 5.10 Å². The molecule has 0 aliphatic heterocycles. The Morgan fingerprint density at radius 1 is 0.973 bits per heavy atom. The summed E-state index contributed by atoms with van der Waals surface area (Å²) in [6.07, 6.45) is 3.97. The minimum absolute atomic E-state index is 0.0707. The molecule has 1 unspecified atom stereocenters. The second kappa shape index (κ2) is 9.17. The van der Waals surface area contributed by atoms with E-state index in [2.05, 4.69) is 44.8 Å². The van der Waals surface area contributed by atoms with Crippen LogP contribution in [0.4, 0.5) is 0 Å². The third-order valence-corrected chi connectivity index (χ3v) is 7.41. The van der Waals surface area contributed by atoms with Crippen LogP contribution in [0, 0.1) is 6.92 Å². The van der Waals surface area contributed by atoms with Crippen molar-refractivity contribution >= 4 is 5.97 Å². The van der Waals surface area contributed by atoms with Crippen LogP contribution >= 0.6 is 0 Å². The van der Waals surface area contributed by atoms with Gasteiger partial charge in [0.05, 0.1) is 16.8 Å². The molecule has 1 saturated carbocycles. The van der Waals surface area contributed by atoms with E-state index in [0.717, 1.165) is 51.4 Å². The van der Waals surface area contributed by atoms with E-state index in [1.54, 1.807) is 0 Å². The summed E-state index contributed by atoms with van der Waals surface area (Å²) >= 11 is 0. The van der Waals surface area contributed by atoms with E-state index in [9.17, 15) is 9.90 Å². The fourth-order valence-electron chi connectivity index (χ4n) is 5.13. The van der Waals surface area contributed by atoms with E-state index in [1.807, 2.05) is 67.7 Å². The molecule has 0 bridgehead atoms. The maximum absolute atomic E-state index is 11.6. The van der Waals surface area contributed by atoms with Crippen LogP contribution in [0.5, 0.6) is 0 Å². The molecule has 184 valence electrons. The Hall–Kier alpha value is -4.52. The Labute approximate surface area is 214 Å². The average Bonchev–Trinajstić information content (AvgIpc) is 3.40. The number of hydrogen-bond acceptors (Lipinski definition) is 5. The Balaban J connectivity index is 1.31. The number of rotatable bonds is 8. The number of benzene rings is 3. The highest BCUT2D eigenvalue weighted by Gasteiger charge is 2.51. The zero-order valence-electron chi connectivity index (χ0n) is 20.4. The van der Waals surface area contributed by atoms with Gasteiger partial charge in [0, 0.05) is 23.2 Å². The minimum Gasteiger partial charge on any atom is -0.481 e. The van der Waals surface area contributed by atoms with E-state index in [0.29, 0.717) is 12.8 Å². The highest BCUT2D eigenvalue weighted by atomic mass is 16.5. The Kier molecular flexibility index (Phi) is 5.68. The number of aryl methyl sites for hydroxylation is 1. The molecular weight excluding hydrogens is 464 g/mol. The highest BCUT2D eigenvalue weighted by Crippen LogP contribution is 2.48. The van der Waals surface area contributed by atoms with Crippen molar-refractivity contribution < 1.29 is 14.4 Å². The summed E-state index contributed by atoms with van der Waals surface area (Å²) in [4.78, 5) is 11.6. The van der Waals surface area contributed by atoms with Gasteiger partial charge in [-0.2, -0.15) is 0 Å². The van der Waals surface area contributed by atoms with Gasteiger partial charge in [-0.3, -0.25) is 9.89 Å². The number of aromatic nitrogens is 4. The molecule has 7 heteroatoms. The molecule has 2 aromatic heterocycles. The number of hydrogen-bond donors (Lipinski definition) is 2. The lowest BCUT2D eigenvalue weighted by atomic mass is 9.86. The number of aliphatic carboxylic acids is 1. The van der Waals surface area contributed by atoms with Gasteiger partial charge in [0.15, 0.2) is 5.76 Å². The average molecular weight is 491 g/mol. The van der Waals surface area contributed by atoms with Gasteiger partial charge in [-0.25, -0.2) is 0 Å². The monoisotopic (exact) mass is 490 g/mol. The molecule has 2 heterocycles. The summed E-state index contributed by atoms with van der Waals surface area (Å²) in [5.74, 6) is -0.0852. The Morgan fingerprint density at radius 3 is 2.22 bits per heavy atom. The van der Waals surface area contributed by atoms with E-state index >= 15 is 0 Å². The third kappa shape index (κ3) is 4.22. The lowest BCUT2D eigenvalue weighted by Gasteiger charge is -2.15. The molecule has 37 heavy (non-hydrogen) atoms. The van der Waals surface area contributed by atoms with Crippen molar-refractivity contribution in [1.29, 1.82) is 0 Å². The van der Waals surface area contributed by atoms with E-state index in [4.69, 9.17) is 4.52 Å². The second-order valence-electron chi connectivity index (χ2n) is 9.69. The lowest BCUT2D eigenvalue weighted by molar-refractivity contribution is -0.140. The van der Waals surface area contributed by atoms with Gasteiger partial charge in [0.25, 0.3) is 0 Å². The first kappa shape index (κ1) is 22.9. The van der Waals surface area contributed by atoms with Crippen molar-refractivity contribution in [3.63, 3.8) is 0 Å². The fraction of sp³-hybridized carbons (Fsp3) is 0.200. The maximum Gasteiger partial charge on any atom is 0.314 e. The van der Waals surface area contributed by atoms with Crippen molar-refractivity contribution in [1.82, 2.24) is 20.6 Å². The normalized spacial score (nSPS) is 14.8. The summed E-state index contributed by atoms with van der Waals surface area (Å²) in [5, 5.41) is 25.0. The SMILES string of the molecule is Cc1noc(-c2ccc(-c3ccc(C4(C(=O)O)CC4)cc3)cc2)c1C(Cc1ccccc1)c1c[nH]nn1. The number of aromatic amines is 1. The predicted octanol–water partition coefficient (Wildman–Crippen LogP) is 5.93. The molecule has 5 aromatic rings. The molecular formula is C30H26N4O3. The van der Waals surface area contributed by atoms with Crippen molar-refractivity contribution in [2.24, 2.45) is 0 Å². The predicted molar refractivity (Wildman–Crippen MR) is 139 cm³/mol. The van der Waals surface area contributed by atoms with E-state index in [-0.39, 0.29) is 5.92 Å². The van der Waals surface area contributed by atoms with Crippen molar-refractivity contribution in [2.45, 2.75) is 37.5 Å². The molecule has 1 fully saturated rings. The van der Waals surface area contributed by atoms with Crippen LogP contribution in [0.25, 0.3) is 22.5 Å². The zero-order chi connectivity index (χ0) is 25.4. The summed E-state index contributed by atoms with van der Waals surface area (Å²) < 4.78 is 5.86.